The minimum absolute atomic E-state index is 0.273. The van der Waals surface area contributed by atoms with Crippen LogP contribution >= 0.6 is 0 Å². The molecule has 2 N–H and O–H groups in total. The fourth-order valence-electron chi connectivity index (χ4n) is 4.62. The van der Waals surface area contributed by atoms with Gasteiger partial charge < -0.3 is 24.8 Å². The molecule has 0 saturated carbocycles. The van der Waals surface area contributed by atoms with E-state index in [0.29, 0.717) is 25.1 Å². The van der Waals surface area contributed by atoms with Crippen molar-refractivity contribution in [2.75, 3.05) is 36.6 Å². The Bertz CT molecular complexity index is 861. The first-order chi connectivity index (χ1) is 15.8. The van der Waals surface area contributed by atoms with Crippen molar-refractivity contribution in [3.63, 3.8) is 0 Å². The molecule has 0 bridgehead atoms. The van der Waals surface area contributed by atoms with Gasteiger partial charge in [-0.2, -0.15) is 0 Å². The Hall–Kier alpha value is -2.38. The molecule has 0 amide bonds. The monoisotopic (exact) mass is 456 g/mol. The van der Waals surface area contributed by atoms with E-state index in [9.17, 15) is 5.11 Å². The lowest BCUT2D eigenvalue weighted by Gasteiger charge is -2.37. The largest absolute Gasteiger partial charge is 0.464 e. The van der Waals surface area contributed by atoms with E-state index in [1.807, 2.05) is 20.8 Å². The van der Waals surface area contributed by atoms with Gasteiger partial charge in [-0.1, -0.05) is 13.0 Å². The maximum Gasteiger partial charge on any atom is 0.316 e. The van der Waals surface area contributed by atoms with Gasteiger partial charge >= 0.3 is 6.01 Å². The number of hydrogen-bond donors (Lipinski definition) is 2. The summed E-state index contributed by atoms with van der Waals surface area (Å²) in [5, 5.41) is 14.0. The predicted octanol–water partition coefficient (Wildman–Crippen LogP) is 5.28. The second-order valence-electron chi connectivity index (χ2n) is 9.34. The summed E-state index contributed by atoms with van der Waals surface area (Å²) in [6.45, 7) is 13.1. The molecular formula is C26H40N4O3. The van der Waals surface area contributed by atoms with Gasteiger partial charge in [-0.25, -0.2) is 9.97 Å². The van der Waals surface area contributed by atoms with E-state index in [0.717, 1.165) is 50.4 Å². The number of anilines is 3. The van der Waals surface area contributed by atoms with Crippen LogP contribution in [0.3, 0.4) is 0 Å². The Balaban J connectivity index is 1.96. The molecule has 1 fully saturated rings. The van der Waals surface area contributed by atoms with Gasteiger partial charge in [0.2, 0.25) is 0 Å². The summed E-state index contributed by atoms with van der Waals surface area (Å²) in [6.07, 6.45) is 7.24. The average molecular weight is 457 g/mol. The Kier molecular flexibility index (Phi) is 8.92. The zero-order valence-corrected chi connectivity index (χ0v) is 20.8. The summed E-state index contributed by atoms with van der Waals surface area (Å²) in [5.74, 6) is 0.273. The number of nitrogens with zero attached hydrogens (tertiary/aromatic N) is 3. The smallest absolute Gasteiger partial charge is 0.316 e. The SMILES string of the molecule is CCOc1ncc(Nc2cc([C@@H](CC)CC(C)(C)O)ccc2N(CC)C2CCOCC2)cn1. The normalized spacial score (nSPS) is 15.8. The number of aliphatic hydroxyl groups is 1. The van der Waals surface area contributed by atoms with Crippen LogP contribution in [0.15, 0.2) is 30.6 Å². The summed E-state index contributed by atoms with van der Waals surface area (Å²) in [5.41, 5.74) is 3.52. The molecule has 7 nitrogen and oxygen atoms in total. The van der Waals surface area contributed by atoms with Crippen molar-refractivity contribution in [1.82, 2.24) is 9.97 Å². The van der Waals surface area contributed by atoms with Crippen LogP contribution in [0.1, 0.15) is 71.8 Å². The third-order valence-corrected chi connectivity index (χ3v) is 6.19. The number of rotatable bonds is 11. The molecule has 0 radical (unpaired) electrons. The lowest BCUT2D eigenvalue weighted by Crippen LogP contribution is -2.39. The predicted molar refractivity (Wildman–Crippen MR) is 134 cm³/mol. The van der Waals surface area contributed by atoms with Crippen LogP contribution in [0.25, 0.3) is 0 Å². The highest BCUT2D eigenvalue weighted by Gasteiger charge is 2.25. The molecule has 2 aromatic rings. The zero-order chi connectivity index (χ0) is 23.8. The highest BCUT2D eigenvalue weighted by atomic mass is 16.5. The van der Waals surface area contributed by atoms with E-state index in [1.165, 1.54) is 11.3 Å². The fourth-order valence-corrected chi connectivity index (χ4v) is 4.62. The van der Waals surface area contributed by atoms with Crippen molar-refractivity contribution in [3.05, 3.63) is 36.2 Å². The van der Waals surface area contributed by atoms with Gasteiger partial charge in [0, 0.05) is 25.8 Å². The molecule has 2 heterocycles. The first-order valence-electron chi connectivity index (χ1n) is 12.3. The molecule has 0 spiro atoms. The van der Waals surface area contributed by atoms with Crippen molar-refractivity contribution in [3.8, 4) is 6.01 Å². The molecule has 182 valence electrons. The molecule has 0 unspecified atom stereocenters. The van der Waals surface area contributed by atoms with E-state index in [4.69, 9.17) is 9.47 Å². The van der Waals surface area contributed by atoms with Crippen LogP contribution in [0.5, 0.6) is 6.01 Å². The standard InChI is InChI=1S/C26H40N4O3/c1-6-19(16-26(4,5)31)20-9-10-24(30(7-2)22-11-13-32-14-12-22)23(15-20)29-21-17-27-25(28-18-21)33-8-3/h9-10,15,17-19,22,29,31H,6-8,11-14,16H2,1-5H3/t19-/m0/s1. The van der Waals surface area contributed by atoms with E-state index in [-0.39, 0.29) is 5.92 Å². The molecule has 33 heavy (non-hydrogen) atoms. The fraction of sp³-hybridized carbons (Fsp3) is 0.615. The zero-order valence-electron chi connectivity index (χ0n) is 20.8. The molecule has 1 aliphatic rings. The molecular weight excluding hydrogens is 416 g/mol. The van der Waals surface area contributed by atoms with Gasteiger partial charge in [-0.15, -0.1) is 0 Å². The molecule has 1 aromatic carbocycles. The second kappa shape index (κ2) is 11.7. The summed E-state index contributed by atoms with van der Waals surface area (Å²) >= 11 is 0. The van der Waals surface area contributed by atoms with E-state index in [1.54, 1.807) is 12.4 Å². The van der Waals surface area contributed by atoms with Crippen molar-refractivity contribution >= 4 is 17.1 Å². The van der Waals surface area contributed by atoms with Gasteiger partial charge in [0.05, 0.1) is 41.7 Å². The summed E-state index contributed by atoms with van der Waals surface area (Å²) in [4.78, 5) is 11.1. The van der Waals surface area contributed by atoms with Crippen molar-refractivity contribution in [2.45, 2.75) is 77.9 Å². The highest BCUT2D eigenvalue weighted by Crippen LogP contribution is 2.37. The third kappa shape index (κ3) is 7.05. The van der Waals surface area contributed by atoms with E-state index >= 15 is 0 Å². The lowest BCUT2D eigenvalue weighted by molar-refractivity contribution is 0.0624. The maximum absolute atomic E-state index is 10.4. The highest BCUT2D eigenvalue weighted by molar-refractivity contribution is 5.76. The number of benzene rings is 1. The number of hydrogen-bond acceptors (Lipinski definition) is 7. The summed E-state index contributed by atoms with van der Waals surface area (Å²) < 4.78 is 11.0. The Morgan fingerprint density at radius 2 is 1.88 bits per heavy atom. The van der Waals surface area contributed by atoms with Crippen LogP contribution in [-0.2, 0) is 4.74 Å². The Morgan fingerprint density at radius 1 is 1.18 bits per heavy atom. The number of aromatic nitrogens is 2. The maximum atomic E-state index is 10.4. The van der Waals surface area contributed by atoms with Crippen molar-refractivity contribution in [1.29, 1.82) is 0 Å². The van der Waals surface area contributed by atoms with Crippen LogP contribution in [0, 0.1) is 0 Å². The van der Waals surface area contributed by atoms with Crippen LogP contribution in [0.4, 0.5) is 17.1 Å². The lowest BCUT2D eigenvalue weighted by atomic mass is 9.85. The molecule has 3 rings (SSSR count). The number of nitrogens with one attached hydrogen (secondary N) is 1. The van der Waals surface area contributed by atoms with Gasteiger partial charge in [0.1, 0.15) is 0 Å². The van der Waals surface area contributed by atoms with E-state index in [2.05, 4.69) is 52.2 Å². The Morgan fingerprint density at radius 3 is 2.45 bits per heavy atom. The molecule has 0 aliphatic carbocycles. The number of ether oxygens (including phenoxy) is 2. The first kappa shape index (κ1) is 25.2. The van der Waals surface area contributed by atoms with Crippen LogP contribution < -0.4 is 15.0 Å². The van der Waals surface area contributed by atoms with Crippen molar-refractivity contribution in [2.24, 2.45) is 0 Å². The second-order valence-corrected chi connectivity index (χ2v) is 9.34. The molecule has 1 aliphatic heterocycles. The van der Waals surface area contributed by atoms with Crippen LogP contribution in [-0.4, -0.2) is 53.1 Å². The molecule has 1 atom stereocenters. The third-order valence-electron chi connectivity index (χ3n) is 6.19. The van der Waals surface area contributed by atoms with Crippen LogP contribution in [0.2, 0.25) is 0 Å². The van der Waals surface area contributed by atoms with Gasteiger partial charge in [0.15, 0.2) is 0 Å². The molecule has 1 saturated heterocycles. The van der Waals surface area contributed by atoms with Gasteiger partial charge in [-0.05, 0) is 77.0 Å². The van der Waals surface area contributed by atoms with Crippen molar-refractivity contribution < 1.29 is 14.6 Å². The topological polar surface area (TPSA) is 79.7 Å². The average Bonchev–Trinajstić information content (AvgIpc) is 2.80. The van der Waals surface area contributed by atoms with Gasteiger partial charge in [0.25, 0.3) is 0 Å². The minimum atomic E-state index is -0.715. The van der Waals surface area contributed by atoms with E-state index < -0.39 is 5.60 Å². The minimum Gasteiger partial charge on any atom is -0.464 e. The van der Waals surface area contributed by atoms with Gasteiger partial charge in [-0.3, -0.25) is 0 Å². The quantitative estimate of drug-likeness (QED) is 0.476. The Labute approximate surface area is 198 Å². The molecule has 1 aromatic heterocycles. The first-order valence-corrected chi connectivity index (χ1v) is 12.3. The molecule has 7 heteroatoms. The summed E-state index contributed by atoms with van der Waals surface area (Å²) in [6, 6.07) is 7.50. The summed E-state index contributed by atoms with van der Waals surface area (Å²) in [7, 11) is 0.